The molecular formula is C17H24N2O2S. The summed E-state index contributed by atoms with van der Waals surface area (Å²) in [6.07, 6.45) is 5.05. The van der Waals surface area contributed by atoms with Gasteiger partial charge in [0, 0.05) is 19.0 Å². The van der Waals surface area contributed by atoms with Gasteiger partial charge in [-0.05, 0) is 37.1 Å². The van der Waals surface area contributed by atoms with Gasteiger partial charge in [-0.15, -0.1) is 11.8 Å². The van der Waals surface area contributed by atoms with Crippen molar-refractivity contribution in [1.82, 2.24) is 0 Å². The van der Waals surface area contributed by atoms with E-state index in [1.54, 1.807) is 11.8 Å². The van der Waals surface area contributed by atoms with Crippen LogP contribution in [0.5, 0.6) is 5.75 Å². The summed E-state index contributed by atoms with van der Waals surface area (Å²) in [5.41, 5.74) is 3.15. The lowest BCUT2D eigenvalue weighted by Gasteiger charge is -2.19. The second-order valence-electron chi connectivity index (χ2n) is 5.18. The number of hydrogen-bond acceptors (Lipinski definition) is 5. The minimum atomic E-state index is 0.112. The van der Waals surface area contributed by atoms with E-state index in [0.717, 1.165) is 47.9 Å². The van der Waals surface area contributed by atoms with Crippen molar-refractivity contribution in [3.8, 4) is 5.75 Å². The zero-order chi connectivity index (χ0) is 15.9. The van der Waals surface area contributed by atoms with E-state index in [4.69, 9.17) is 9.47 Å². The fraction of sp³-hybridized carbons (Fsp3) is 0.529. The maximum atomic E-state index is 6.08. The highest BCUT2D eigenvalue weighted by atomic mass is 32.2. The van der Waals surface area contributed by atoms with Crippen molar-refractivity contribution in [2.75, 3.05) is 26.5 Å². The zero-order valence-corrected chi connectivity index (χ0v) is 14.4. The molecule has 1 saturated heterocycles. The molecule has 1 heterocycles. The third-order valence-corrected chi connectivity index (χ3v) is 4.50. The number of aliphatic imine (C=N–C) groups is 2. The molecule has 1 unspecified atom stereocenters. The number of thioether (sulfide) groups is 1. The number of ether oxygens (including phenoxy) is 2. The third kappa shape index (κ3) is 3.70. The Hall–Kier alpha value is -1.33. The summed E-state index contributed by atoms with van der Waals surface area (Å²) in [5.74, 6) is 0.800. The molecule has 0 spiro atoms. The summed E-state index contributed by atoms with van der Waals surface area (Å²) in [7, 11) is 1.82. The lowest BCUT2D eigenvalue weighted by Crippen LogP contribution is -2.16. The first-order valence-corrected chi connectivity index (χ1v) is 8.85. The van der Waals surface area contributed by atoms with Crippen LogP contribution in [0.2, 0.25) is 0 Å². The topological polar surface area (TPSA) is 43.2 Å². The lowest BCUT2D eigenvalue weighted by atomic mass is 10.0. The van der Waals surface area contributed by atoms with Crippen molar-refractivity contribution in [2.24, 2.45) is 9.98 Å². The standard InChI is InChI=1S/C17H24N2O2S/c1-5-6-13-14(17(19-3)22-4)7-8-15(16(13)18-2)21-12-9-10-20-11-12/h7-8,12H,2,5-6,9-11H2,1,3-4H3. The van der Waals surface area contributed by atoms with Crippen LogP contribution in [0, 0.1) is 0 Å². The monoisotopic (exact) mass is 320 g/mol. The van der Waals surface area contributed by atoms with E-state index in [9.17, 15) is 0 Å². The number of rotatable bonds is 6. The predicted molar refractivity (Wildman–Crippen MR) is 95.5 cm³/mol. The van der Waals surface area contributed by atoms with Gasteiger partial charge in [-0.3, -0.25) is 9.98 Å². The van der Waals surface area contributed by atoms with E-state index in [0.29, 0.717) is 6.61 Å². The summed E-state index contributed by atoms with van der Waals surface area (Å²) in [6.45, 7) is 7.33. The average molecular weight is 320 g/mol. The van der Waals surface area contributed by atoms with Crippen molar-refractivity contribution >= 4 is 29.2 Å². The SMILES string of the molecule is C=Nc1c(OC2CCOC2)ccc(C(=NC)SC)c1CCC. The van der Waals surface area contributed by atoms with Gasteiger partial charge in [0.05, 0.1) is 18.3 Å². The van der Waals surface area contributed by atoms with Crippen molar-refractivity contribution in [1.29, 1.82) is 0 Å². The first-order valence-electron chi connectivity index (χ1n) is 7.63. The van der Waals surface area contributed by atoms with Crippen molar-refractivity contribution < 1.29 is 9.47 Å². The Morgan fingerprint density at radius 2 is 2.32 bits per heavy atom. The Bertz CT molecular complexity index is 552. The Morgan fingerprint density at radius 1 is 1.50 bits per heavy atom. The minimum absolute atomic E-state index is 0.112. The van der Waals surface area contributed by atoms with Crippen LogP contribution in [0.3, 0.4) is 0 Å². The Morgan fingerprint density at radius 3 is 2.86 bits per heavy atom. The van der Waals surface area contributed by atoms with Gasteiger partial charge < -0.3 is 9.47 Å². The van der Waals surface area contributed by atoms with Crippen LogP contribution in [0.15, 0.2) is 22.1 Å². The molecule has 0 saturated carbocycles. The fourth-order valence-electron chi connectivity index (χ4n) is 2.69. The number of nitrogens with zero attached hydrogens (tertiary/aromatic N) is 2. The van der Waals surface area contributed by atoms with Gasteiger partial charge in [0.2, 0.25) is 0 Å². The Kier molecular flexibility index (Phi) is 6.46. The first kappa shape index (κ1) is 17.0. The quantitative estimate of drug-likeness (QED) is 0.590. The molecule has 0 amide bonds. The van der Waals surface area contributed by atoms with Crippen LogP contribution in [0.4, 0.5) is 5.69 Å². The minimum Gasteiger partial charge on any atom is -0.486 e. The van der Waals surface area contributed by atoms with Gasteiger partial charge in [-0.2, -0.15) is 0 Å². The molecular weight excluding hydrogens is 296 g/mol. The van der Waals surface area contributed by atoms with Gasteiger partial charge in [-0.1, -0.05) is 13.3 Å². The van der Waals surface area contributed by atoms with Crippen LogP contribution in [-0.4, -0.2) is 44.4 Å². The molecule has 0 aliphatic carbocycles. The Labute approximate surface area is 137 Å². The molecule has 0 bridgehead atoms. The van der Waals surface area contributed by atoms with Gasteiger partial charge in [-0.25, -0.2) is 0 Å². The summed E-state index contributed by atoms with van der Waals surface area (Å²) in [5, 5.41) is 1.02. The highest BCUT2D eigenvalue weighted by molar-refractivity contribution is 8.13. The molecule has 22 heavy (non-hydrogen) atoms. The molecule has 4 nitrogen and oxygen atoms in total. The molecule has 1 atom stereocenters. The van der Waals surface area contributed by atoms with Crippen molar-refractivity contribution in [3.05, 3.63) is 23.3 Å². The summed E-state index contributed by atoms with van der Waals surface area (Å²) in [4.78, 5) is 8.65. The number of hydrogen-bond donors (Lipinski definition) is 0. The zero-order valence-electron chi connectivity index (χ0n) is 13.6. The average Bonchev–Trinajstić information content (AvgIpc) is 3.03. The molecule has 5 heteroatoms. The number of benzene rings is 1. The highest BCUT2D eigenvalue weighted by Crippen LogP contribution is 2.37. The largest absolute Gasteiger partial charge is 0.486 e. The lowest BCUT2D eigenvalue weighted by molar-refractivity contribution is 0.141. The molecule has 0 radical (unpaired) electrons. The predicted octanol–water partition coefficient (Wildman–Crippen LogP) is 3.88. The van der Waals surface area contributed by atoms with Crippen LogP contribution in [0.25, 0.3) is 0 Å². The maximum Gasteiger partial charge on any atom is 0.145 e. The van der Waals surface area contributed by atoms with Crippen LogP contribution >= 0.6 is 11.8 Å². The molecule has 0 N–H and O–H groups in total. The fourth-order valence-corrected chi connectivity index (χ4v) is 3.29. The van der Waals surface area contributed by atoms with E-state index in [2.05, 4.69) is 29.7 Å². The normalized spacial score (nSPS) is 18.5. The smallest absolute Gasteiger partial charge is 0.145 e. The van der Waals surface area contributed by atoms with E-state index in [1.165, 1.54) is 5.56 Å². The molecule has 1 aliphatic rings. The second-order valence-corrected chi connectivity index (χ2v) is 5.98. The third-order valence-electron chi connectivity index (χ3n) is 3.71. The van der Waals surface area contributed by atoms with E-state index >= 15 is 0 Å². The molecule has 120 valence electrons. The molecule has 1 aliphatic heterocycles. The van der Waals surface area contributed by atoms with E-state index in [-0.39, 0.29) is 6.10 Å². The highest BCUT2D eigenvalue weighted by Gasteiger charge is 2.21. The van der Waals surface area contributed by atoms with Crippen LogP contribution < -0.4 is 4.74 Å². The van der Waals surface area contributed by atoms with Gasteiger partial charge in [0.25, 0.3) is 0 Å². The van der Waals surface area contributed by atoms with Crippen molar-refractivity contribution in [3.63, 3.8) is 0 Å². The van der Waals surface area contributed by atoms with Crippen molar-refractivity contribution in [2.45, 2.75) is 32.3 Å². The van der Waals surface area contributed by atoms with E-state index in [1.807, 2.05) is 19.4 Å². The first-order chi connectivity index (χ1) is 10.7. The maximum absolute atomic E-state index is 6.08. The molecule has 1 aromatic rings. The van der Waals surface area contributed by atoms with Crippen LogP contribution in [0.1, 0.15) is 30.9 Å². The summed E-state index contributed by atoms with van der Waals surface area (Å²) < 4.78 is 11.5. The molecule has 0 aromatic heterocycles. The van der Waals surface area contributed by atoms with Gasteiger partial charge in [0.15, 0.2) is 0 Å². The summed E-state index contributed by atoms with van der Waals surface area (Å²) in [6, 6.07) is 4.07. The molecule has 1 aromatic carbocycles. The van der Waals surface area contributed by atoms with Gasteiger partial charge in [0.1, 0.15) is 17.5 Å². The summed E-state index contributed by atoms with van der Waals surface area (Å²) >= 11 is 1.65. The Balaban J connectivity index is 2.43. The second kappa shape index (κ2) is 8.34. The van der Waals surface area contributed by atoms with E-state index < -0.39 is 0 Å². The van der Waals surface area contributed by atoms with Crippen LogP contribution in [-0.2, 0) is 11.2 Å². The van der Waals surface area contributed by atoms with Gasteiger partial charge >= 0.3 is 0 Å². The molecule has 2 rings (SSSR count). The molecule has 1 fully saturated rings.